The Balaban J connectivity index is 1.25. The molecule has 3 atom stereocenters. The summed E-state index contributed by atoms with van der Waals surface area (Å²) in [7, 11) is 0. The predicted octanol–water partition coefficient (Wildman–Crippen LogP) is 5.85. The summed E-state index contributed by atoms with van der Waals surface area (Å²) in [4.78, 5) is 55.8. The van der Waals surface area contributed by atoms with Gasteiger partial charge in [0.1, 0.15) is 6.04 Å². The fourth-order valence-corrected chi connectivity index (χ4v) is 7.44. The largest absolute Gasteiger partial charge is 0.454 e. The Hall–Kier alpha value is -3.78. The highest BCUT2D eigenvalue weighted by Crippen LogP contribution is 2.61. The second-order valence-electron chi connectivity index (χ2n) is 12.0. The third kappa shape index (κ3) is 4.56. The molecule has 8 heteroatoms. The Morgan fingerprint density at radius 2 is 1.31 bits per heavy atom. The third-order valence-electron chi connectivity index (χ3n) is 8.83. The molecule has 2 bridgehead atoms. The van der Waals surface area contributed by atoms with Gasteiger partial charge in [-0.15, -0.1) is 0 Å². The van der Waals surface area contributed by atoms with E-state index in [4.69, 9.17) is 4.74 Å². The van der Waals surface area contributed by atoms with Crippen molar-refractivity contribution >= 4 is 45.3 Å². The molecule has 1 saturated heterocycles. The van der Waals surface area contributed by atoms with Crippen LogP contribution >= 0.6 is 15.9 Å². The molecule has 216 valence electrons. The van der Waals surface area contributed by atoms with Crippen molar-refractivity contribution in [2.75, 3.05) is 11.9 Å². The van der Waals surface area contributed by atoms with Crippen molar-refractivity contribution in [1.29, 1.82) is 0 Å². The molecular weight excluding hydrogens is 596 g/mol. The van der Waals surface area contributed by atoms with Crippen LogP contribution in [0.4, 0.5) is 5.69 Å². The van der Waals surface area contributed by atoms with Crippen molar-refractivity contribution in [3.05, 3.63) is 98.5 Å². The molecular formula is C34H33BrN2O5. The van der Waals surface area contributed by atoms with Crippen LogP contribution in [0, 0.1) is 31.6 Å². The van der Waals surface area contributed by atoms with Crippen molar-refractivity contribution in [1.82, 2.24) is 4.90 Å². The number of esters is 1. The molecule has 4 aliphatic rings. The molecule has 42 heavy (non-hydrogen) atoms. The van der Waals surface area contributed by atoms with E-state index in [-0.39, 0.29) is 36.0 Å². The van der Waals surface area contributed by atoms with Crippen molar-refractivity contribution in [2.45, 2.75) is 52.0 Å². The molecule has 3 amide bonds. The average molecular weight is 630 g/mol. The van der Waals surface area contributed by atoms with Gasteiger partial charge in [-0.1, -0.05) is 78.3 Å². The van der Waals surface area contributed by atoms with Gasteiger partial charge in [0, 0.05) is 22.0 Å². The Morgan fingerprint density at radius 3 is 1.74 bits per heavy atom. The van der Waals surface area contributed by atoms with Gasteiger partial charge >= 0.3 is 5.97 Å². The van der Waals surface area contributed by atoms with Gasteiger partial charge in [-0.3, -0.25) is 19.3 Å². The molecule has 1 aliphatic heterocycles. The van der Waals surface area contributed by atoms with E-state index in [1.54, 1.807) is 0 Å². The molecule has 7 rings (SSSR count). The number of benzene rings is 3. The fraction of sp³-hybridized carbons (Fsp3) is 0.353. The lowest BCUT2D eigenvalue weighted by Gasteiger charge is -2.45. The number of halogens is 1. The molecule has 3 aliphatic carbocycles. The molecule has 1 heterocycles. The first-order chi connectivity index (χ1) is 20.1. The predicted molar refractivity (Wildman–Crippen MR) is 162 cm³/mol. The van der Waals surface area contributed by atoms with Crippen molar-refractivity contribution in [2.24, 2.45) is 17.8 Å². The monoisotopic (exact) mass is 628 g/mol. The molecule has 1 N–H and O–H groups in total. The summed E-state index contributed by atoms with van der Waals surface area (Å²) in [5.74, 6) is -3.59. The van der Waals surface area contributed by atoms with Gasteiger partial charge in [-0.2, -0.15) is 0 Å². The maximum absolute atomic E-state index is 14.2. The molecule has 0 spiro atoms. The quantitative estimate of drug-likeness (QED) is 0.262. The number of nitrogens with zero attached hydrogens (tertiary/aromatic N) is 1. The van der Waals surface area contributed by atoms with Gasteiger partial charge in [0.15, 0.2) is 6.61 Å². The van der Waals surface area contributed by atoms with Gasteiger partial charge < -0.3 is 10.1 Å². The van der Waals surface area contributed by atoms with E-state index in [0.29, 0.717) is 5.69 Å². The minimum absolute atomic E-state index is 0.000521. The lowest BCUT2D eigenvalue weighted by Crippen LogP contribution is -2.47. The first-order valence-corrected chi connectivity index (χ1v) is 15.2. The number of ether oxygens (including phenoxy) is 1. The molecule has 3 aromatic carbocycles. The van der Waals surface area contributed by atoms with E-state index in [9.17, 15) is 19.2 Å². The molecule has 0 saturated carbocycles. The smallest absolute Gasteiger partial charge is 0.329 e. The molecule has 0 radical (unpaired) electrons. The van der Waals surface area contributed by atoms with Crippen LogP contribution in [-0.2, 0) is 23.9 Å². The average Bonchev–Trinajstić information content (AvgIpc) is 3.23. The van der Waals surface area contributed by atoms with Crippen LogP contribution in [0.5, 0.6) is 0 Å². The maximum atomic E-state index is 14.2. The zero-order valence-electron chi connectivity index (χ0n) is 24.0. The second-order valence-corrected chi connectivity index (χ2v) is 12.8. The fourth-order valence-electron chi connectivity index (χ4n) is 7.21. The number of hydrogen-bond donors (Lipinski definition) is 1. The molecule has 1 fully saturated rings. The number of carbonyl (C=O) groups excluding carboxylic acids is 4. The number of rotatable bonds is 7. The van der Waals surface area contributed by atoms with Crippen LogP contribution in [0.15, 0.2) is 65.1 Å². The van der Waals surface area contributed by atoms with Crippen LogP contribution < -0.4 is 5.32 Å². The zero-order chi connectivity index (χ0) is 29.9. The number of anilines is 1. The Kier molecular flexibility index (Phi) is 7.29. The SMILES string of the molecule is Cc1cc(NC(=O)COC(=O)[C@H](CC(C)C)N2C(=O)[C@@H]3C4c5ccccc5C(c5ccccc54)[C@H]3C2=O)cc(C)c1Br. The summed E-state index contributed by atoms with van der Waals surface area (Å²) in [6, 6.07) is 18.6. The minimum atomic E-state index is -1.11. The van der Waals surface area contributed by atoms with Crippen LogP contribution in [0.3, 0.4) is 0 Å². The number of amides is 3. The molecule has 3 aromatic rings. The lowest BCUT2D eigenvalue weighted by molar-refractivity contribution is -0.160. The Labute approximate surface area is 253 Å². The normalized spacial score (nSPS) is 22.5. The number of nitrogens with one attached hydrogen (secondary N) is 1. The minimum Gasteiger partial charge on any atom is -0.454 e. The summed E-state index contributed by atoms with van der Waals surface area (Å²) < 4.78 is 6.43. The Morgan fingerprint density at radius 1 is 0.857 bits per heavy atom. The van der Waals surface area contributed by atoms with E-state index in [0.717, 1.165) is 42.8 Å². The van der Waals surface area contributed by atoms with Gasteiger partial charge in [-0.05, 0) is 71.7 Å². The highest BCUT2D eigenvalue weighted by Gasteiger charge is 2.63. The van der Waals surface area contributed by atoms with E-state index in [2.05, 4.69) is 21.2 Å². The third-order valence-corrected chi connectivity index (χ3v) is 10.1. The first-order valence-electron chi connectivity index (χ1n) is 14.4. The topological polar surface area (TPSA) is 92.8 Å². The summed E-state index contributed by atoms with van der Waals surface area (Å²) >= 11 is 3.52. The standard InChI is InChI=1S/C34H33BrN2O5/c1-17(2)13-25(34(41)42-16-26(38)36-20-14-18(3)31(35)19(4)15-20)37-32(39)29-27-21-9-5-6-10-22(21)28(30(29)33(37)40)24-12-8-7-11-23(24)27/h5-12,14-15,17,25,27-30H,13,16H2,1-4H3,(H,36,38)/t25-,27?,28?,29+,30+/m0/s1. The van der Waals surface area contributed by atoms with Gasteiger partial charge in [0.05, 0.1) is 11.8 Å². The maximum Gasteiger partial charge on any atom is 0.329 e. The summed E-state index contributed by atoms with van der Waals surface area (Å²) in [5.41, 5.74) is 6.81. The highest BCUT2D eigenvalue weighted by atomic mass is 79.9. The number of aryl methyl sites for hydroxylation is 2. The summed E-state index contributed by atoms with van der Waals surface area (Å²) in [6.45, 7) is 7.19. The van der Waals surface area contributed by atoms with Crippen LogP contribution in [0.1, 0.15) is 65.5 Å². The van der Waals surface area contributed by atoms with E-state index in [1.165, 1.54) is 0 Å². The van der Waals surface area contributed by atoms with Gasteiger partial charge in [0.25, 0.3) is 5.91 Å². The molecule has 0 aromatic heterocycles. The van der Waals surface area contributed by atoms with Crippen LogP contribution in [0.25, 0.3) is 0 Å². The van der Waals surface area contributed by atoms with Crippen molar-refractivity contribution in [3.8, 4) is 0 Å². The van der Waals surface area contributed by atoms with Gasteiger partial charge in [0.2, 0.25) is 11.8 Å². The number of likely N-dealkylation sites (tertiary alicyclic amines) is 1. The highest BCUT2D eigenvalue weighted by molar-refractivity contribution is 9.10. The summed E-state index contributed by atoms with van der Waals surface area (Å²) in [5, 5.41) is 2.77. The summed E-state index contributed by atoms with van der Waals surface area (Å²) in [6.07, 6.45) is 0.248. The van der Waals surface area contributed by atoms with E-state index in [1.807, 2.05) is 88.4 Å². The van der Waals surface area contributed by atoms with Gasteiger partial charge in [-0.25, -0.2) is 4.79 Å². The van der Waals surface area contributed by atoms with Crippen molar-refractivity contribution < 1.29 is 23.9 Å². The second kappa shape index (κ2) is 10.8. The number of hydrogen-bond acceptors (Lipinski definition) is 5. The van der Waals surface area contributed by atoms with E-state index >= 15 is 0 Å². The number of imide groups is 1. The Bertz CT molecular complexity index is 1490. The molecule has 7 nitrogen and oxygen atoms in total. The first kappa shape index (κ1) is 28.3. The molecule has 0 unspecified atom stereocenters. The zero-order valence-corrected chi connectivity index (χ0v) is 25.6. The van der Waals surface area contributed by atoms with Crippen LogP contribution in [0.2, 0.25) is 0 Å². The van der Waals surface area contributed by atoms with E-state index < -0.39 is 36.4 Å². The lowest BCUT2D eigenvalue weighted by atomic mass is 9.55. The number of carbonyl (C=O) groups is 4. The van der Waals surface area contributed by atoms with Crippen LogP contribution in [-0.4, -0.2) is 41.2 Å². The van der Waals surface area contributed by atoms with Crippen molar-refractivity contribution in [3.63, 3.8) is 0 Å².